The molecule has 0 aliphatic carbocycles. The molecule has 2 aromatic heterocycles. The Morgan fingerprint density at radius 3 is 2.49 bits per heavy atom. The van der Waals surface area contributed by atoms with E-state index < -0.39 is 5.97 Å². The quantitative estimate of drug-likeness (QED) is 0.332. The Labute approximate surface area is 203 Å². The van der Waals surface area contributed by atoms with E-state index in [0.717, 1.165) is 22.5 Å². The zero-order chi connectivity index (χ0) is 24.9. The van der Waals surface area contributed by atoms with E-state index in [9.17, 15) is 9.59 Å². The van der Waals surface area contributed by atoms with E-state index >= 15 is 0 Å². The number of aliphatic carboxylic acids is 1. The van der Waals surface area contributed by atoms with Crippen LogP contribution >= 0.6 is 0 Å². The Hall–Kier alpha value is -4.07. The molecule has 1 amide bonds. The molecule has 2 aromatic carbocycles. The lowest BCUT2D eigenvalue weighted by Gasteiger charge is -2.23. The number of aryl methyl sites for hydroxylation is 2. The van der Waals surface area contributed by atoms with Gasteiger partial charge < -0.3 is 14.5 Å². The van der Waals surface area contributed by atoms with Crippen LogP contribution in [0.3, 0.4) is 0 Å². The molecule has 35 heavy (non-hydrogen) atoms. The van der Waals surface area contributed by atoms with Gasteiger partial charge in [-0.15, -0.1) is 0 Å². The standard InChI is InChI=1S/C27H28N4O4/c1-17-8-10-19(11-9-17)26-23(6-4-5-7-25(32)33)28-24-16-20(12-13-22(24)29-26)27(34)31(3)18(2)21-14-15-35-30-21/h8-16,18H,4-7H2,1-3H3,(H,32,33). The normalized spacial score (nSPS) is 12.0. The molecular weight excluding hydrogens is 444 g/mol. The van der Waals surface area contributed by atoms with Gasteiger partial charge in [-0.2, -0.15) is 0 Å². The summed E-state index contributed by atoms with van der Waals surface area (Å²) >= 11 is 0. The van der Waals surface area contributed by atoms with Crippen LogP contribution in [0.5, 0.6) is 0 Å². The van der Waals surface area contributed by atoms with Crippen LogP contribution in [-0.2, 0) is 11.2 Å². The van der Waals surface area contributed by atoms with Crippen LogP contribution in [0.25, 0.3) is 22.3 Å². The number of carbonyl (C=O) groups is 2. The number of benzene rings is 2. The van der Waals surface area contributed by atoms with E-state index in [1.165, 1.54) is 6.26 Å². The summed E-state index contributed by atoms with van der Waals surface area (Å²) in [6.07, 6.45) is 3.45. The largest absolute Gasteiger partial charge is 0.481 e. The molecule has 0 fully saturated rings. The first-order valence-electron chi connectivity index (χ1n) is 11.6. The molecule has 8 nitrogen and oxygen atoms in total. The highest BCUT2D eigenvalue weighted by Gasteiger charge is 2.22. The van der Waals surface area contributed by atoms with Gasteiger partial charge in [0.05, 0.1) is 28.5 Å². The highest BCUT2D eigenvalue weighted by Crippen LogP contribution is 2.27. The molecule has 1 atom stereocenters. The fourth-order valence-electron chi connectivity index (χ4n) is 3.92. The second kappa shape index (κ2) is 10.5. The maximum absolute atomic E-state index is 13.2. The van der Waals surface area contributed by atoms with E-state index in [1.807, 2.05) is 44.2 Å². The Morgan fingerprint density at radius 2 is 1.80 bits per heavy atom. The fraction of sp³-hybridized carbons (Fsp3) is 0.296. The number of hydrogen-bond acceptors (Lipinski definition) is 6. The molecule has 1 N–H and O–H groups in total. The minimum Gasteiger partial charge on any atom is -0.481 e. The van der Waals surface area contributed by atoms with Crippen molar-refractivity contribution in [1.29, 1.82) is 0 Å². The average molecular weight is 473 g/mol. The minimum atomic E-state index is -0.805. The molecule has 0 radical (unpaired) electrons. The lowest BCUT2D eigenvalue weighted by molar-refractivity contribution is -0.137. The number of carbonyl (C=O) groups excluding carboxylic acids is 1. The fourth-order valence-corrected chi connectivity index (χ4v) is 3.92. The number of amides is 1. The van der Waals surface area contributed by atoms with Gasteiger partial charge in [0, 0.05) is 30.7 Å². The van der Waals surface area contributed by atoms with Crippen LogP contribution in [0.2, 0.25) is 0 Å². The Balaban J connectivity index is 1.67. The predicted octanol–water partition coefficient (Wildman–Crippen LogP) is 5.22. The Morgan fingerprint density at radius 1 is 1.03 bits per heavy atom. The van der Waals surface area contributed by atoms with Crippen LogP contribution in [0.15, 0.2) is 59.3 Å². The molecule has 0 aliphatic heterocycles. The third-order valence-electron chi connectivity index (χ3n) is 6.15. The third kappa shape index (κ3) is 5.54. The van der Waals surface area contributed by atoms with E-state index in [2.05, 4.69) is 5.16 Å². The van der Waals surface area contributed by atoms with Crippen molar-refractivity contribution in [3.63, 3.8) is 0 Å². The van der Waals surface area contributed by atoms with Crippen LogP contribution in [0.4, 0.5) is 0 Å². The van der Waals surface area contributed by atoms with Gasteiger partial charge in [0.2, 0.25) is 0 Å². The van der Waals surface area contributed by atoms with Gasteiger partial charge in [0.25, 0.3) is 5.91 Å². The molecule has 180 valence electrons. The molecule has 0 saturated carbocycles. The maximum Gasteiger partial charge on any atom is 0.303 e. The smallest absolute Gasteiger partial charge is 0.303 e. The summed E-state index contributed by atoms with van der Waals surface area (Å²) in [4.78, 5) is 35.5. The molecule has 4 rings (SSSR count). The molecule has 1 unspecified atom stereocenters. The Kier molecular flexibility index (Phi) is 7.19. The number of nitrogens with zero attached hydrogens (tertiary/aromatic N) is 4. The molecule has 0 saturated heterocycles. The maximum atomic E-state index is 13.2. The van der Waals surface area contributed by atoms with E-state index in [1.54, 1.807) is 30.1 Å². The summed E-state index contributed by atoms with van der Waals surface area (Å²) in [5.74, 6) is -0.963. The number of aromatic nitrogens is 3. The lowest BCUT2D eigenvalue weighted by Crippen LogP contribution is -2.29. The minimum absolute atomic E-state index is 0.121. The summed E-state index contributed by atoms with van der Waals surface area (Å²) in [6.45, 7) is 3.92. The van der Waals surface area contributed by atoms with Crippen molar-refractivity contribution in [2.24, 2.45) is 0 Å². The van der Waals surface area contributed by atoms with Gasteiger partial charge in [-0.1, -0.05) is 35.0 Å². The molecular formula is C27H28N4O4. The van der Waals surface area contributed by atoms with Gasteiger partial charge in [-0.25, -0.2) is 9.97 Å². The monoisotopic (exact) mass is 472 g/mol. The molecule has 0 spiro atoms. The first kappa shape index (κ1) is 24.1. The summed E-state index contributed by atoms with van der Waals surface area (Å²) < 4.78 is 4.91. The zero-order valence-corrected chi connectivity index (χ0v) is 20.1. The predicted molar refractivity (Wildman–Crippen MR) is 132 cm³/mol. The van der Waals surface area contributed by atoms with Crippen molar-refractivity contribution < 1.29 is 19.2 Å². The van der Waals surface area contributed by atoms with Crippen LogP contribution < -0.4 is 0 Å². The topological polar surface area (TPSA) is 109 Å². The molecule has 0 aliphatic rings. The van der Waals surface area contributed by atoms with E-state index in [-0.39, 0.29) is 18.4 Å². The van der Waals surface area contributed by atoms with Crippen molar-refractivity contribution in [2.75, 3.05) is 7.05 Å². The SMILES string of the molecule is Cc1ccc(-c2nc3ccc(C(=O)N(C)C(C)c4ccon4)cc3nc2CCCCC(=O)O)cc1. The van der Waals surface area contributed by atoms with Gasteiger partial charge in [-0.3, -0.25) is 9.59 Å². The Bertz CT molecular complexity index is 1330. The van der Waals surface area contributed by atoms with Crippen molar-refractivity contribution in [1.82, 2.24) is 20.0 Å². The summed E-state index contributed by atoms with van der Waals surface area (Å²) in [7, 11) is 1.73. The van der Waals surface area contributed by atoms with Crippen molar-refractivity contribution in [3.05, 3.63) is 77.3 Å². The van der Waals surface area contributed by atoms with Crippen molar-refractivity contribution >= 4 is 22.9 Å². The second-order valence-corrected chi connectivity index (χ2v) is 8.71. The van der Waals surface area contributed by atoms with E-state index in [0.29, 0.717) is 41.6 Å². The number of carboxylic acids is 1. The average Bonchev–Trinajstić information content (AvgIpc) is 3.40. The highest BCUT2D eigenvalue weighted by atomic mass is 16.5. The van der Waals surface area contributed by atoms with Crippen molar-refractivity contribution in [2.45, 2.75) is 45.6 Å². The van der Waals surface area contributed by atoms with Crippen LogP contribution in [0.1, 0.15) is 59.5 Å². The van der Waals surface area contributed by atoms with Gasteiger partial charge in [0.15, 0.2) is 0 Å². The molecule has 4 aromatic rings. The van der Waals surface area contributed by atoms with Crippen LogP contribution in [0, 0.1) is 6.92 Å². The summed E-state index contributed by atoms with van der Waals surface area (Å²) in [6, 6.07) is 14.9. The second-order valence-electron chi connectivity index (χ2n) is 8.71. The number of fused-ring (bicyclic) bond motifs is 1. The molecule has 0 bridgehead atoms. The number of hydrogen-bond donors (Lipinski definition) is 1. The first-order valence-corrected chi connectivity index (χ1v) is 11.6. The van der Waals surface area contributed by atoms with Gasteiger partial charge >= 0.3 is 5.97 Å². The zero-order valence-electron chi connectivity index (χ0n) is 20.1. The summed E-state index contributed by atoms with van der Waals surface area (Å²) in [5, 5.41) is 12.9. The van der Waals surface area contributed by atoms with Gasteiger partial charge in [-0.05, 0) is 51.3 Å². The molecule has 8 heteroatoms. The third-order valence-corrected chi connectivity index (χ3v) is 6.15. The number of unbranched alkanes of at least 4 members (excludes halogenated alkanes) is 1. The van der Waals surface area contributed by atoms with E-state index in [4.69, 9.17) is 19.6 Å². The lowest BCUT2D eigenvalue weighted by atomic mass is 10.0. The van der Waals surface area contributed by atoms with Crippen LogP contribution in [-0.4, -0.2) is 44.1 Å². The number of carboxylic acid groups (broad SMARTS) is 1. The molecule has 2 heterocycles. The highest BCUT2D eigenvalue weighted by molar-refractivity contribution is 5.97. The summed E-state index contributed by atoms with van der Waals surface area (Å²) in [5.41, 5.74) is 6.18. The number of rotatable bonds is 9. The van der Waals surface area contributed by atoms with Gasteiger partial charge in [0.1, 0.15) is 12.0 Å². The first-order chi connectivity index (χ1) is 16.8. The van der Waals surface area contributed by atoms with Crippen molar-refractivity contribution in [3.8, 4) is 11.3 Å².